The fraction of sp³-hybridized carbons (Fsp3) is 0.188. The fourth-order valence-electron chi connectivity index (χ4n) is 1.51. The maximum Gasteiger partial charge on any atom is 0.185 e. The molecule has 0 heterocycles. The van der Waals surface area contributed by atoms with Crippen molar-refractivity contribution in [3.05, 3.63) is 70.0 Å². The monoisotopic (exact) mass is 290 g/mol. The zero-order chi connectivity index (χ0) is 14.1. The Bertz CT molecular complexity index is 493. The molecule has 0 spiro atoms. The summed E-state index contributed by atoms with van der Waals surface area (Å²) in [6.07, 6.45) is 11.4. The Morgan fingerprint density at radius 1 is 1.00 bits per heavy atom. The van der Waals surface area contributed by atoms with Crippen molar-refractivity contribution >= 4 is 29.3 Å². The molecule has 3 heteroatoms. The first-order valence-electron chi connectivity index (χ1n) is 5.92. The number of carbonyl (C=O) groups excluding carboxylic acids is 1. The predicted molar refractivity (Wildman–Crippen MR) is 88.8 cm³/mol. The number of hydrogen-bond donors (Lipinski definition) is 0. The van der Waals surface area contributed by atoms with Crippen molar-refractivity contribution in [2.24, 2.45) is 0 Å². The Morgan fingerprint density at radius 3 is 2.16 bits per heavy atom. The van der Waals surface area contributed by atoms with Crippen LogP contribution in [0.15, 0.2) is 64.4 Å². The summed E-state index contributed by atoms with van der Waals surface area (Å²) in [5.74, 6) is 0.0295. The normalized spacial score (nSPS) is 11.1. The SMILES string of the molecule is CSC(SC)=C(C)/C=C/C=C/C(=O)c1ccccc1. The van der Waals surface area contributed by atoms with E-state index in [0.717, 1.165) is 0 Å². The molecular weight excluding hydrogens is 272 g/mol. The van der Waals surface area contributed by atoms with Crippen molar-refractivity contribution in [1.29, 1.82) is 0 Å². The molecule has 1 aromatic rings. The van der Waals surface area contributed by atoms with Gasteiger partial charge < -0.3 is 0 Å². The van der Waals surface area contributed by atoms with Gasteiger partial charge in [-0.05, 0) is 31.1 Å². The zero-order valence-corrected chi connectivity index (χ0v) is 13.1. The number of benzene rings is 1. The van der Waals surface area contributed by atoms with Gasteiger partial charge in [0.15, 0.2) is 5.78 Å². The summed E-state index contributed by atoms with van der Waals surface area (Å²) in [6, 6.07) is 9.28. The Kier molecular flexibility index (Phi) is 7.38. The summed E-state index contributed by atoms with van der Waals surface area (Å²) in [5, 5.41) is 0. The molecule has 0 aliphatic heterocycles. The maximum absolute atomic E-state index is 11.8. The largest absolute Gasteiger partial charge is 0.289 e. The van der Waals surface area contributed by atoms with E-state index in [1.807, 2.05) is 42.5 Å². The molecule has 0 N–H and O–H groups in total. The average molecular weight is 290 g/mol. The fourth-order valence-corrected chi connectivity index (χ4v) is 2.96. The molecule has 0 aliphatic carbocycles. The lowest BCUT2D eigenvalue weighted by Gasteiger charge is -2.01. The molecule has 0 atom stereocenters. The summed E-state index contributed by atoms with van der Waals surface area (Å²) in [5.41, 5.74) is 1.94. The summed E-state index contributed by atoms with van der Waals surface area (Å²) < 4.78 is 1.29. The van der Waals surface area contributed by atoms with Crippen molar-refractivity contribution in [1.82, 2.24) is 0 Å². The average Bonchev–Trinajstić information content (AvgIpc) is 2.45. The van der Waals surface area contributed by atoms with Crippen LogP contribution in [-0.2, 0) is 0 Å². The number of allylic oxidation sites excluding steroid dienone is 5. The van der Waals surface area contributed by atoms with Gasteiger partial charge in [0.05, 0.1) is 0 Å². The molecule has 0 aromatic heterocycles. The lowest BCUT2D eigenvalue weighted by atomic mass is 10.1. The Morgan fingerprint density at radius 2 is 1.58 bits per heavy atom. The zero-order valence-electron chi connectivity index (χ0n) is 11.4. The van der Waals surface area contributed by atoms with Gasteiger partial charge in [0, 0.05) is 9.80 Å². The van der Waals surface area contributed by atoms with E-state index < -0.39 is 0 Å². The van der Waals surface area contributed by atoms with Crippen molar-refractivity contribution in [3.63, 3.8) is 0 Å². The molecule has 0 saturated carbocycles. The standard InChI is InChI=1S/C16H18OS2/c1-13(16(18-2)19-3)9-7-8-12-15(17)14-10-5-4-6-11-14/h4-12H,1-3H3/b9-7+,12-8+. The Balaban J connectivity index is 2.64. The predicted octanol–water partition coefficient (Wildman–Crippen LogP) is 4.94. The lowest BCUT2D eigenvalue weighted by molar-refractivity contribution is 0.104. The van der Waals surface area contributed by atoms with Crippen LogP contribution in [0.3, 0.4) is 0 Å². The van der Waals surface area contributed by atoms with Crippen LogP contribution in [0.2, 0.25) is 0 Å². The first kappa shape index (κ1) is 15.9. The smallest absolute Gasteiger partial charge is 0.185 e. The number of hydrogen-bond acceptors (Lipinski definition) is 3. The molecule has 0 saturated heterocycles. The van der Waals surface area contributed by atoms with Crippen LogP contribution < -0.4 is 0 Å². The van der Waals surface area contributed by atoms with E-state index in [2.05, 4.69) is 19.4 Å². The number of thioether (sulfide) groups is 2. The molecule has 19 heavy (non-hydrogen) atoms. The quantitative estimate of drug-likeness (QED) is 0.420. The van der Waals surface area contributed by atoms with Crippen LogP contribution >= 0.6 is 23.5 Å². The molecule has 0 fully saturated rings. The van der Waals surface area contributed by atoms with Crippen molar-refractivity contribution in [2.75, 3.05) is 12.5 Å². The summed E-state index contributed by atoms with van der Waals surface area (Å²) in [4.78, 5) is 11.8. The highest BCUT2D eigenvalue weighted by Crippen LogP contribution is 2.27. The summed E-state index contributed by atoms with van der Waals surface area (Å²) >= 11 is 3.48. The van der Waals surface area contributed by atoms with Gasteiger partial charge in [-0.15, -0.1) is 23.5 Å². The van der Waals surface area contributed by atoms with E-state index in [0.29, 0.717) is 5.56 Å². The van der Waals surface area contributed by atoms with Gasteiger partial charge in [0.1, 0.15) is 0 Å². The highest BCUT2D eigenvalue weighted by Gasteiger charge is 1.98. The van der Waals surface area contributed by atoms with Crippen LogP contribution in [0, 0.1) is 0 Å². The van der Waals surface area contributed by atoms with E-state index in [4.69, 9.17) is 0 Å². The van der Waals surface area contributed by atoms with Crippen LogP contribution in [0.5, 0.6) is 0 Å². The second-order valence-corrected chi connectivity index (χ2v) is 5.72. The van der Waals surface area contributed by atoms with Gasteiger partial charge in [-0.2, -0.15) is 0 Å². The molecular formula is C16H18OS2. The molecule has 100 valence electrons. The van der Waals surface area contributed by atoms with E-state index >= 15 is 0 Å². The maximum atomic E-state index is 11.8. The molecule has 1 aromatic carbocycles. The van der Waals surface area contributed by atoms with E-state index in [-0.39, 0.29) is 5.78 Å². The Hall–Kier alpha value is -1.19. The van der Waals surface area contributed by atoms with Crippen LogP contribution in [-0.4, -0.2) is 18.3 Å². The molecule has 0 amide bonds. The van der Waals surface area contributed by atoms with Crippen molar-refractivity contribution in [3.8, 4) is 0 Å². The summed E-state index contributed by atoms with van der Waals surface area (Å²) in [7, 11) is 0. The van der Waals surface area contributed by atoms with E-state index in [9.17, 15) is 4.79 Å². The van der Waals surface area contributed by atoms with Gasteiger partial charge in [0.2, 0.25) is 0 Å². The lowest BCUT2D eigenvalue weighted by Crippen LogP contribution is -1.92. The minimum Gasteiger partial charge on any atom is -0.289 e. The first-order valence-corrected chi connectivity index (χ1v) is 8.37. The van der Waals surface area contributed by atoms with Gasteiger partial charge in [-0.3, -0.25) is 4.79 Å². The van der Waals surface area contributed by atoms with E-state index in [1.54, 1.807) is 35.7 Å². The molecule has 0 unspecified atom stereocenters. The topological polar surface area (TPSA) is 17.1 Å². The van der Waals surface area contributed by atoms with Crippen molar-refractivity contribution in [2.45, 2.75) is 6.92 Å². The summed E-state index contributed by atoms with van der Waals surface area (Å²) in [6.45, 7) is 2.08. The highest BCUT2D eigenvalue weighted by molar-refractivity contribution is 8.21. The molecule has 1 rings (SSSR count). The third-order valence-electron chi connectivity index (χ3n) is 2.46. The van der Waals surface area contributed by atoms with Gasteiger partial charge in [-0.1, -0.05) is 48.6 Å². The highest BCUT2D eigenvalue weighted by atomic mass is 32.2. The molecule has 0 aliphatic rings. The van der Waals surface area contributed by atoms with Crippen LogP contribution in [0.1, 0.15) is 17.3 Å². The van der Waals surface area contributed by atoms with Gasteiger partial charge >= 0.3 is 0 Å². The third kappa shape index (κ3) is 5.53. The number of ketones is 1. The second-order valence-electron chi connectivity index (χ2n) is 3.83. The number of rotatable bonds is 6. The second kappa shape index (κ2) is 8.83. The third-order valence-corrected chi connectivity index (χ3v) is 4.84. The minimum absolute atomic E-state index is 0.0295. The van der Waals surface area contributed by atoms with Crippen LogP contribution in [0.25, 0.3) is 0 Å². The Labute approximate surface area is 123 Å². The van der Waals surface area contributed by atoms with E-state index in [1.165, 1.54) is 9.81 Å². The number of carbonyl (C=O) groups is 1. The van der Waals surface area contributed by atoms with Crippen molar-refractivity contribution < 1.29 is 4.79 Å². The van der Waals surface area contributed by atoms with Gasteiger partial charge in [-0.25, -0.2) is 0 Å². The minimum atomic E-state index is 0.0295. The molecule has 0 radical (unpaired) electrons. The van der Waals surface area contributed by atoms with Crippen LogP contribution in [0.4, 0.5) is 0 Å². The molecule has 1 nitrogen and oxygen atoms in total. The van der Waals surface area contributed by atoms with Gasteiger partial charge in [0.25, 0.3) is 0 Å². The first-order chi connectivity index (χ1) is 9.19. The molecule has 0 bridgehead atoms.